The predicted molar refractivity (Wildman–Crippen MR) is 107 cm³/mol. The summed E-state index contributed by atoms with van der Waals surface area (Å²) in [4.78, 5) is 6.35. The Bertz CT molecular complexity index is 1090. The van der Waals surface area contributed by atoms with Crippen LogP contribution in [0.5, 0.6) is 0 Å². The van der Waals surface area contributed by atoms with Gasteiger partial charge in [-0.25, -0.2) is 4.98 Å². The van der Waals surface area contributed by atoms with Crippen LogP contribution in [-0.4, -0.2) is 18.1 Å². The van der Waals surface area contributed by atoms with Gasteiger partial charge in [0.25, 0.3) is 0 Å². The van der Waals surface area contributed by atoms with Crippen molar-refractivity contribution >= 4 is 11.6 Å². The maximum atomic E-state index is 9.92. The summed E-state index contributed by atoms with van der Waals surface area (Å²) in [5.74, 6) is -0.342. The first kappa shape index (κ1) is 19.7. The number of benzene rings is 1. The van der Waals surface area contributed by atoms with Gasteiger partial charge in [0.2, 0.25) is 0 Å². The fourth-order valence-corrected chi connectivity index (χ4v) is 3.76. The second-order valence-corrected chi connectivity index (χ2v) is 6.91. The lowest BCUT2D eigenvalue weighted by atomic mass is 9.86. The molecule has 0 radical (unpaired) electrons. The third kappa shape index (κ3) is 3.81. The lowest BCUT2D eigenvalue weighted by Gasteiger charge is -2.30. The molecule has 1 aliphatic rings. The lowest BCUT2D eigenvalue weighted by Crippen LogP contribution is -2.31. The van der Waals surface area contributed by atoms with E-state index in [2.05, 4.69) is 23.2 Å². The van der Waals surface area contributed by atoms with Crippen molar-refractivity contribution in [3.63, 3.8) is 0 Å². The van der Waals surface area contributed by atoms with Gasteiger partial charge in [0.1, 0.15) is 34.9 Å². The Labute approximate surface area is 169 Å². The number of hydrogen-bond acceptors (Lipinski definition) is 7. The maximum absolute atomic E-state index is 9.92. The highest BCUT2D eigenvalue weighted by molar-refractivity contribution is 5.70. The standard InChI is InChI=1S/C22H19N7/c23-11-16-7-3-2-6-15(16)10-17(12-24)20-18(13-25)21(27)28-22(19(20)14-26)29-8-4-1-5-9-29/h2-3,6-7,17H,1,4-5,8-10H2,(H2,27,28)/t17-/m0/s1. The van der Waals surface area contributed by atoms with Crippen LogP contribution in [0.25, 0.3) is 0 Å². The summed E-state index contributed by atoms with van der Waals surface area (Å²) in [6.07, 6.45) is 3.28. The Balaban J connectivity index is 2.16. The zero-order valence-electron chi connectivity index (χ0n) is 15.9. The molecule has 2 heterocycles. The fraction of sp³-hybridized carbons (Fsp3) is 0.318. The summed E-state index contributed by atoms with van der Waals surface area (Å²) < 4.78 is 0. The summed E-state index contributed by atoms with van der Waals surface area (Å²) in [5, 5.41) is 38.9. The van der Waals surface area contributed by atoms with E-state index in [1.807, 2.05) is 11.0 Å². The predicted octanol–water partition coefficient (Wildman–Crippen LogP) is 3.12. The molecule has 7 nitrogen and oxygen atoms in total. The minimum Gasteiger partial charge on any atom is -0.383 e. The van der Waals surface area contributed by atoms with Gasteiger partial charge in [0.05, 0.1) is 23.6 Å². The monoisotopic (exact) mass is 381 g/mol. The Morgan fingerprint density at radius 3 is 2.28 bits per heavy atom. The van der Waals surface area contributed by atoms with E-state index in [9.17, 15) is 21.0 Å². The van der Waals surface area contributed by atoms with Gasteiger partial charge in [-0.15, -0.1) is 0 Å². The molecule has 1 saturated heterocycles. The first-order valence-corrected chi connectivity index (χ1v) is 9.40. The molecule has 1 fully saturated rings. The molecule has 0 saturated carbocycles. The van der Waals surface area contributed by atoms with Crippen LogP contribution in [0, 0.1) is 45.3 Å². The molecule has 1 aromatic carbocycles. The first-order valence-electron chi connectivity index (χ1n) is 9.40. The van der Waals surface area contributed by atoms with E-state index < -0.39 is 5.92 Å². The zero-order chi connectivity index (χ0) is 20.8. The molecule has 0 aliphatic carbocycles. The summed E-state index contributed by atoms with van der Waals surface area (Å²) >= 11 is 0. The number of pyridine rings is 1. The summed E-state index contributed by atoms with van der Waals surface area (Å²) in [5.41, 5.74) is 7.80. The van der Waals surface area contributed by atoms with Crippen molar-refractivity contribution in [3.8, 4) is 24.3 Å². The number of anilines is 2. The third-order valence-electron chi connectivity index (χ3n) is 5.19. The Kier molecular flexibility index (Phi) is 5.94. The van der Waals surface area contributed by atoms with Gasteiger partial charge >= 0.3 is 0 Å². The topological polar surface area (TPSA) is 137 Å². The van der Waals surface area contributed by atoms with Gasteiger partial charge in [0, 0.05) is 18.7 Å². The van der Waals surface area contributed by atoms with Crippen LogP contribution in [0.1, 0.15) is 53.0 Å². The fourth-order valence-electron chi connectivity index (χ4n) is 3.76. The smallest absolute Gasteiger partial charge is 0.149 e. The number of hydrogen-bond donors (Lipinski definition) is 1. The molecule has 2 N–H and O–H groups in total. The van der Waals surface area contributed by atoms with Crippen molar-refractivity contribution in [1.82, 2.24) is 4.98 Å². The van der Waals surface area contributed by atoms with Gasteiger partial charge in [0.15, 0.2) is 0 Å². The normalized spacial score (nSPS) is 14.1. The van der Waals surface area contributed by atoms with Crippen LogP contribution in [0.15, 0.2) is 24.3 Å². The molecule has 1 aromatic heterocycles. The molecule has 142 valence electrons. The lowest BCUT2D eigenvalue weighted by molar-refractivity contribution is 0.573. The van der Waals surface area contributed by atoms with Crippen molar-refractivity contribution in [3.05, 3.63) is 52.1 Å². The quantitative estimate of drug-likeness (QED) is 0.858. The Hall–Kier alpha value is -4.07. The van der Waals surface area contributed by atoms with E-state index in [0.29, 0.717) is 22.5 Å². The van der Waals surface area contributed by atoms with Gasteiger partial charge < -0.3 is 10.6 Å². The molecule has 1 atom stereocenters. The SMILES string of the molecule is N#Cc1ccccc1C[C@@H](C#N)c1c(C#N)c(N)nc(N2CCCCC2)c1C#N. The minimum atomic E-state index is -0.803. The number of nitrogen functional groups attached to an aromatic ring is 1. The van der Waals surface area contributed by atoms with Crippen LogP contribution in [0.2, 0.25) is 0 Å². The highest BCUT2D eigenvalue weighted by Crippen LogP contribution is 2.35. The van der Waals surface area contributed by atoms with E-state index in [1.54, 1.807) is 24.3 Å². The molecule has 1 aliphatic heterocycles. The van der Waals surface area contributed by atoms with E-state index in [0.717, 1.165) is 32.4 Å². The van der Waals surface area contributed by atoms with E-state index >= 15 is 0 Å². The maximum Gasteiger partial charge on any atom is 0.149 e. The molecular formula is C22H19N7. The molecule has 3 rings (SSSR count). The summed E-state index contributed by atoms with van der Waals surface area (Å²) in [6, 6.07) is 15.5. The number of nitrogens with zero attached hydrogens (tertiary/aromatic N) is 6. The largest absolute Gasteiger partial charge is 0.383 e. The molecule has 0 amide bonds. The van der Waals surface area contributed by atoms with Crippen LogP contribution < -0.4 is 10.6 Å². The zero-order valence-corrected chi connectivity index (χ0v) is 15.9. The van der Waals surface area contributed by atoms with E-state index in [4.69, 9.17) is 5.73 Å². The van der Waals surface area contributed by atoms with Gasteiger partial charge in [-0.1, -0.05) is 18.2 Å². The van der Waals surface area contributed by atoms with Crippen molar-refractivity contribution in [2.24, 2.45) is 0 Å². The molecule has 0 bridgehead atoms. The van der Waals surface area contributed by atoms with Crippen molar-refractivity contribution in [2.75, 3.05) is 23.7 Å². The van der Waals surface area contributed by atoms with Crippen LogP contribution >= 0.6 is 0 Å². The highest BCUT2D eigenvalue weighted by Gasteiger charge is 2.28. The average Bonchev–Trinajstić information content (AvgIpc) is 2.77. The second-order valence-electron chi connectivity index (χ2n) is 6.91. The summed E-state index contributed by atoms with van der Waals surface area (Å²) in [7, 11) is 0. The number of aromatic nitrogens is 1. The molecule has 2 aromatic rings. The summed E-state index contributed by atoms with van der Waals surface area (Å²) in [6.45, 7) is 1.50. The van der Waals surface area contributed by atoms with Crippen LogP contribution in [0.4, 0.5) is 11.6 Å². The van der Waals surface area contributed by atoms with Gasteiger partial charge in [-0.05, 0) is 37.3 Å². The van der Waals surface area contributed by atoms with Crippen molar-refractivity contribution in [2.45, 2.75) is 31.6 Å². The average molecular weight is 381 g/mol. The highest BCUT2D eigenvalue weighted by atomic mass is 15.2. The van der Waals surface area contributed by atoms with Crippen molar-refractivity contribution < 1.29 is 0 Å². The second kappa shape index (κ2) is 8.75. The minimum absolute atomic E-state index is 0.0240. The third-order valence-corrected chi connectivity index (χ3v) is 5.19. The molecule has 0 unspecified atom stereocenters. The van der Waals surface area contributed by atoms with Crippen LogP contribution in [-0.2, 0) is 6.42 Å². The Morgan fingerprint density at radius 2 is 1.66 bits per heavy atom. The van der Waals surface area contributed by atoms with Crippen LogP contribution in [0.3, 0.4) is 0 Å². The van der Waals surface area contributed by atoms with E-state index in [1.165, 1.54) is 0 Å². The Morgan fingerprint density at radius 1 is 0.966 bits per heavy atom. The molecule has 0 spiro atoms. The van der Waals surface area contributed by atoms with E-state index in [-0.39, 0.29) is 23.4 Å². The van der Waals surface area contributed by atoms with Gasteiger partial charge in [-0.2, -0.15) is 21.0 Å². The van der Waals surface area contributed by atoms with Gasteiger partial charge in [-0.3, -0.25) is 0 Å². The number of rotatable bonds is 4. The van der Waals surface area contributed by atoms with Crippen molar-refractivity contribution in [1.29, 1.82) is 21.0 Å². The molecule has 7 heteroatoms. The number of nitriles is 4. The first-order chi connectivity index (χ1) is 14.1. The molecule has 29 heavy (non-hydrogen) atoms. The molecular weight excluding hydrogens is 362 g/mol. The number of piperidine rings is 1. The number of nitrogens with two attached hydrogens (primary N) is 1.